The molecule has 1 fully saturated rings. The van der Waals surface area contributed by atoms with Crippen molar-refractivity contribution in [3.8, 4) is 0 Å². The summed E-state index contributed by atoms with van der Waals surface area (Å²) in [6.45, 7) is 0.736. The molecule has 0 unspecified atom stereocenters. The van der Waals surface area contributed by atoms with E-state index in [1.54, 1.807) is 35.4 Å². The van der Waals surface area contributed by atoms with Crippen LogP contribution in [-0.4, -0.2) is 22.8 Å². The third-order valence-electron chi connectivity index (χ3n) is 3.91. The van der Waals surface area contributed by atoms with Crippen LogP contribution in [0.25, 0.3) is 0 Å². The van der Waals surface area contributed by atoms with E-state index in [0.717, 1.165) is 5.56 Å². The van der Waals surface area contributed by atoms with Gasteiger partial charge in [0.1, 0.15) is 11.8 Å². The maximum absolute atomic E-state index is 12.4. The third kappa shape index (κ3) is 3.74. The number of nitrogens with zero attached hydrogens (tertiary/aromatic N) is 1. The van der Waals surface area contributed by atoms with Gasteiger partial charge < -0.3 is 14.6 Å². The lowest BCUT2D eigenvalue weighted by molar-refractivity contribution is -0.135. The van der Waals surface area contributed by atoms with Gasteiger partial charge in [-0.1, -0.05) is 23.7 Å². The highest BCUT2D eigenvalue weighted by atomic mass is 35.5. The number of nitrogens with one attached hydrogen (secondary N) is 1. The van der Waals surface area contributed by atoms with E-state index in [1.807, 2.05) is 12.1 Å². The molecule has 1 aromatic heterocycles. The average Bonchev–Trinajstić information content (AvgIpc) is 3.18. The van der Waals surface area contributed by atoms with E-state index >= 15 is 0 Å². The zero-order valence-corrected chi connectivity index (χ0v) is 13.3. The minimum absolute atomic E-state index is 0.00176. The Morgan fingerprint density at radius 2 is 2.09 bits per heavy atom. The van der Waals surface area contributed by atoms with Crippen LogP contribution in [0.1, 0.15) is 24.2 Å². The molecule has 3 rings (SSSR count). The number of carbonyl (C=O) groups excluding carboxylic acids is 2. The first-order valence-electron chi connectivity index (χ1n) is 7.47. The Morgan fingerprint density at radius 1 is 1.30 bits per heavy atom. The van der Waals surface area contributed by atoms with Crippen molar-refractivity contribution in [2.75, 3.05) is 0 Å². The van der Waals surface area contributed by atoms with Crippen LogP contribution in [0.15, 0.2) is 47.1 Å². The Bertz CT molecular complexity index is 682. The van der Waals surface area contributed by atoms with Gasteiger partial charge in [-0.2, -0.15) is 0 Å². The van der Waals surface area contributed by atoms with Crippen LogP contribution in [0.4, 0.5) is 0 Å². The molecule has 120 valence electrons. The predicted molar refractivity (Wildman–Crippen MR) is 85.6 cm³/mol. The summed E-state index contributed by atoms with van der Waals surface area (Å²) < 4.78 is 5.19. The van der Waals surface area contributed by atoms with Gasteiger partial charge >= 0.3 is 0 Å². The Hall–Kier alpha value is -2.27. The van der Waals surface area contributed by atoms with Crippen molar-refractivity contribution < 1.29 is 14.0 Å². The number of furan rings is 1. The molecule has 2 heterocycles. The minimum atomic E-state index is -0.437. The van der Waals surface area contributed by atoms with Gasteiger partial charge in [0.2, 0.25) is 11.8 Å². The van der Waals surface area contributed by atoms with E-state index in [0.29, 0.717) is 36.7 Å². The molecule has 1 aliphatic heterocycles. The highest BCUT2D eigenvalue weighted by Gasteiger charge is 2.35. The zero-order chi connectivity index (χ0) is 16.2. The molecule has 1 N–H and O–H groups in total. The van der Waals surface area contributed by atoms with Gasteiger partial charge in [0.05, 0.1) is 12.8 Å². The highest BCUT2D eigenvalue weighted by Crippen LogP contribution is 2.22. The number of benzene rings is 1. The van der Waals surface area contributed by atoms with Gasteiger partial charge in [0, 0.05) is 18.0 Å². The maximum atomic E-state index is 12.4. The van der Waals surface area contributed by atoms with Gasteiger partial charge in [-0.15, -0.1) is 0 Å². The molecule has 0 saturated carbocycles. The smallest absolute Gasteiger partial charge is 0.243 e. The van der Waals surface area contributed by atoms with E-state index < -0.39 is 6.04 Å². The number of hydrogen-bond donors (Lipinski definition) is 1. The van der Waals surface area contributed by atoms with E-state index in [-0.39, 0.29) is 11.8 Å². The van der Waals surface area contributed by atoms with Crippen LogP contribution < -0.4 is 5.32 Å². The second-order valence-corrected chi connectivity index (χ2v) is 5.94. The van der Waals surface area contributed by atoms with Crippen LogP contribution >= 0.6 is 11.6 Å². The van der Waals surface area contributed by atoms with Crippen LogP contribution in [0.3, 0.4) is 0 Å². The van der Waals surface area contributed by atoms with Gasteiger partial charge in [-0.3, -0.25) is 9.59 Å². The van der Waals surface area contributed by atoms with Crippen molar-refractivity contribution in [2.24, 2.45) is 0 Å². The number of amides is 2. The molecular weight excluding hydrogens is 316 g/mol. The molecular formula is C17H17ClN2O3. The van der Waals surface area contributed by atoms with Gasteiger partial charge in [0.25, 0.3) is 0 Å². The number of likely N-dealkylation sites (tertiary alicyclic amines) is 1. The zero-order valence-electron chi connectivity index (χ0n) is 12.5. The molecule has 1 atom stereocenters. The molecule has 6 heteroatoms. The van der Waals surface area contributed by atoms with Crippen LogP contribution in [-0.2, 0) is 22.7 Å². The van der Waals surface area contributed by atoms with E-state index in [4.69, 9.17) is 16.0 Å². The summed E-state index contributed by atoms with van der Waals surface area (Å²) in [7, 11) is 0. The van der Waals surface area contributed by atoms with Gasteiger partial charge in [-0.05, 0) is 36.2 Å². The molecule has 0 bridgehead atoms. The summed E-state index contributed by atoms with van der Waals surface area (Å²) in [6.07, 6.45) is 2.50. The van der Waals surface area contributed by atoms with Crippen molar-refractivity contribution in [1.82, 2.24) is 10.2 Å². The molecule has 2 amide bonds. The summed E-state index contributed by atoms with van der Waals surface area (Å²) in [5.74, 6) is 0.534. The van der Waals surface area contributed by atoms with E-state index in [9.17, 15) is 9.59 Å². The average molecular weight is 333 g/mol. The van der Waals surface area contributed by atoms with E-state index in [2.05, 4.69) is 5.32 Å². The number of rotatable bonds is 5. The molecule has 2 aromatic rings. The third-order valence-corrected chi connectivity index (χ3v) is 4.17. The molecule has 1 aliphatic rings. The summed E-state index contributed by atoms with van der Waals surface area (Å²) in [5, 5.41) is 3.47. The largest absolute Gasteiger partial charge is 0.467 e. The second-order valence-electron chi connectivity index (χ2n) is 5.50. The number of carbonyl (C=O) groups is 2. The Morgan fingerprint density at radius 3 is 2.78 bits per heavy atom. The lowest BCUT2D eigenvalue weighted by Crippen LogP contribution is -2.44. The number of halogens is 1. The SMILES string of the molecule is O=C(NCc1ccco1)[C@@H]1CCC(=O)N1Cc1ccc(Cl)cc1. The first-order valence-corrected chi connectivity index (χ1v) is 7.85. The van der Waals surface area contributed by atoms with Crippen molar-refractivity contribution in [3.05, 3.63) is 59.0 Å². The van der Waals surface area contributed by atoms with E-state index in [1.165, 1.54) is 0 Å². The van der Waals surface area contributed by atoms with Crippen LogP contribution in [0, 0.1) is 0 Å². The topological polar surface area (TPSA) is 62.6 Å². The summed E-state index contributed by atoms with van der Waals surface area (Å²) in [6, 6.07) is 10.4. The molecule has 5 nitrogen and oxygen atoms in total. The van der Waals surface area contributed by atoms with Crippen LogP contribution in [0.5, 0.6) is 0 Å². The minimum Gasteiger partial charge on any atom is -0.467 e. The second kappa shape index (κ2) is 6.87. The summed E-state index contributed by atoms with van der Waals surface area (Å²) in [5.41, 5.74) is 0.952. The first kappa shape index (κ1) is 15.6. The fourth-order valence-corrected chi connectivity index (χ4v) is 2.82. The summed E-state index contributed by atoms with van der Waals surface area (Å²) >= 11 is 5.87. The standard InChI is InChI=1S/C17H17ClN2O3/c18-13-5-3-12(4-6-13)11-20-15(7-8-16(20)21)17(22)19-10-14-2-1-9-23-14/h1-6,9,15H,7-8,10-11H2,(H,19,22)/t15-/m0/s1. The monoisotopic (exact) mass is 332 g/mol. The molecule has 0 radical (unpaired) electrons. The fourth-order valence-electron chi connectivity index (χ4n) is 2.70. The van der Waals surface area contributed by atoms with Crippen molar-refractivity contribution in [3.63, 3.8) is 0 Å². The lowest BCUT2D eigenvalue weighted by Gasteiger charge is -2.24. The molecule has 0 aliphatic carbocycles. The maximum Gasteiger partial charge on any atom is 0.243 e. The first-order chi connectivity index (χ1) is 11.1. The summed E-state index contributed by atoms with van der Waals surface area (Å²) in [4.78, 5) is 26.1. The van der Waals surface area contributed by atoms with Crippen molar-refractivity contribution in [2.45, 2.75) is 32.0 Å². The highest BCUT2D eigenvalue weighted by molar-refractivity contribution is 6.30. The molecule has 23 heavy (non-hydrogen) atoms. The fraction of sp³-hybridized carbons (Fsp3) is 0.294. The normalized spacial score (nSPS) is 17.5. The van der Waals surface area contributed by atoms with Crippen molar-refractivity contribution in [1.29, 1.82) is 0 Å². The Balaban J connectivity index is 1.64. The predicted octanol–water partition coefficient (Wildman–Crippen LogP) is 2.74. The van der Waals surface area contributed by atoms with Crippen molar-refractivity contribution >= 4 is 23.4 Å². The quantitative estimate of drug-likeness (QED) is 0.915. The number of hydrogen-bond acceptors (Lipinski definition) is 3. The Kier molecular flexibility index (Phi) is 4.67. The molecule has 1 aromatic carbocycles. The van der Waals surface area contributed by atoms with Gasteiger partial charge in [0.15, 0.2) is 0 Å². The van der Waals surface area contributed by atoms with Gasteiger partial charge in [-0.25, -0.2) is 0 Å². The van der Waals surface area contributed by atoms with Crippen LogP contribution in [0.2, 0.25) is 5.02 Å². The molecule has 0 spiro atoms. The lowest BCUT2D eigenvalue weighted by atomic mass is 10.1. The Labute approximate surface area is 139 Å². The molecule has 1 saturated heterocycles.